The lowest BCUT2D eigenvalue weighted by molar-refractivity contribution is 0.0500. The van der Waals surface area contributed by atoms with Crippen LogP contribution in [0.5, 0.6) is 5.75 Å². The Morgan fingerprint density at radius 2 is 1.89 bits per heavy atom. The van der Waals surface area contributed by atoms with E-state index in [2.05, 4.69) is 26.1 Å². The van der Waals surface area contributed by atoms with Gasteiger partial charge in [0.2, 0.25) is 0 Å². The first-order valence-corrected chi connectivity index (χ1v) is 6.35. The number of nitrogens with one attached hydrogen (secondary N) is 1. The van der Waals surface area contributed by atoms with Crippen LogP contribution in [0.1, 0.15) is 33.3 Å². The van der Waals surface area contributed by atoms with E-state index in [1.54, 1.807) is 26.2 Å². The van der Waals surface area contributed by atoms with Crippen LogP contribution in [0.4, 0.5) is 0 Å². The van der Waals surface area contributed by atoms with Gasteiger partial charge in [0.05, 0.1) is 17.7 Å². The lowest BCUT2D eigenvalue weighted by atomic mass is 9.94. The molecule has 0 heterocycles. The van der Waals surface area contributed by atoms with Gasteiger partial charge in [-0.2, -0.15) is 0 Å². The molecule has 0 spiro atoms. The molecule has 0 bridgehead atoms. The van der Waals surface area contributed by atoms with Crippen molar-refractivity contribution in [3.63, 3.8) is 0 Å². The number of aliphatic hydroxyl groups is 1. The number of rotatable bonds is 4. The summed E-state index contributed by atoms with van der Waals surface area (Å²) in [5, 5.41) is 14.3. The largest absolute Gasteiger partial charge is 0.495 e. The van der Waals surface area contributed by atoms with E-state index in [1.165, 1.54) is 0 Å². The first-order valence-electron chi connectivity index (χ1n) is 5.97. The Bertz CT molecular complexity index is 411. The summed E-state index contributed by atoms with van der Waals surface area (Å²) >= 11 is 5.97. The Balaban J connectivity index is 2.90. The number of hydrogen-bond acceptors (Lipinski definition) is 3. The zero-order valence-electron chi connectivity index (χ0n) is 11.7. The third-order valence-electron chi connectivity index (χ3n) is 2.74. The maximum Gasteiger partial charge on any atom is 0.137 e. The quantitative estimate of drug-likeness (QED) is 0.885. The summed E-state index contributed by atoms with van der Waals surface area (Å²) in [4.78, 5) is 0. The molecule has 0 fully saturated rings. The standard InChI is InChI=1S/C14H22ClNO2/c1-13(2,3)16-9-14(4,17)10-6-7-11(15)12(8-10)18-5/h6-8,16-17H,9H2,1-5H3. The fraction of sp³-hybridized carbons (Fsp3) is 0.571. The Hall–Kier alpha value is -0.770. The summed E-state index contributed by atoms with van der Waals surface area (Å²) in [7, 11) is 1.56. The molecule has 0 aliphatic heterocycles. The van der Waals surface area contributed by atoms with Gasteiger partial charge >= 0.3 is 0 Å². The molecule has 1 rings (SSSR count). The number of methoxy groups -OCH3 is 1. The van der Waals surface area contributed by atoms with Crippen molar-refractivity contribution >= 4 is 11.6 Å². The van der Waals surface area contributed by atoms with Crippen LogP contribution < -0.4 is 10.1 Å². The van der Waals surface area contributed by atoms with Gasteiger partial charge in [0.25, 0.3) is 0 Å². The Labute approximate surface area is 114 Å². The van der Waals surface area contributed by atoms with Gasteiger partial charge in [-0.05, 0) is 45.4 Å². The van der Waals surface area contributed by atoms with E-state index in [-0.39, 0.29) is 5.54 Å². The van der Waals surface area contributed by atoms with Crippen LogP contribution in [0.25, 0.3) is 0 Å². The van der Waals surface area contributed by atoms with Crippen LogP contribution in [0.15, 0.2) is 18.2 Å². The second-order valence-corrected chi connectivity index (χ2v) is 6.13. The number of halogens is 1. The Morgan fingerprint density at radius 3 is 2.39 bits per heavy atom. The van der Waals surface area contributed by atoms with Gasteiger partial charge in [-0.3, -0.25) is 0 Å². The lowest BCUT2D eigenvalue weighted by Crippen LogP contribution is -2.44. The zero-order valence-corrected chi connectivity index (χ0v) is 12.4. The fourth-order valence-corrected chi connectivity index (χ4v) is 1.73. The van der Waals surface area contributed by atoms with Crippen molar-refractivity contribution in [3.05, 3.63) is 28.8 Å². The summed E-state index contributed by atoms with van der Waals surface area (Å²) in [6.45, 7) is 8.41. The number of β-amino-alcohol motifs (C(OH)–C–C–N with tert-alkyl or cyclic N) is 1. The molecule has 0 aliphatic carbocycles. The van der Waals surface area contributed by atoms with Crippen molar-refractivity contribution in [1.29, 1.82) is 0 Å². The molecule has 1 aromatic rings. The lowest BCUT2D eigenvalue weighted by Gasteiger charge is -2.30. The van der Waals surface area contributed by atoms with Gasteiger partial charge in [-0.1, -0.05) is 17.7 Å². The number of ether oxygens (including phenoxy) is 1. The molecule has 0 aliphatic rings. The predicted octanol–water partition coefficient (Wildman–Crippen LogP) is 2.94. The van der Waals surface area contributed by atoms with Crippen LogP contribution in [-0.4, -0.2) is 24.3 Å². The van der Waals surface area contributed by atoms with E-state index >= 15 is 0 Å². The monoisotopic (exact) mass is 271 g/mol. The molecule has 18 heavy (non-hydrogen) atoms. The van der Waals surface area contributed by atoms with E-state index in [4.69, 9.17) is 16.3 Å². The highest BCUT2D eigenvalue weighted by Crippen LogP contribution is 2.30. The summed E-state index contributed by atoms with van der Waals surface area (Å²) in [5.74, 6) is 0.574. The molecule has 0 saturated carbocycles. The molecule has 3 nitrogen and oxygen atoms in total. The molecule has 4 heteroatoms. The van der Waals surface area contributed by atoms with E-state index in [0.29, 0.717) is 17.3 Å². The molecule has 1 unspecified atom stereocenters. The summed E-state index contributed by atoms with van der Waals surface area (Å²) < 4.78 is 5.16. The van der Waals surface area contributed by atoms with Crippen molar-refractivity contribution < 1.29 is 9.84 Å². The number of benzene rings is 1. The van der Waals surface area contributed by atoms with Gasteiger partial charge < -0.3 is 15.2 Å². The first-order chi connectivity index (χ1) is 8.15. The summed E-state index contributed by atoms with van der Waals surface area (Å²) in [6, 6.07) is 5.32. The Morgan fingerprint density at radius 1 is 1.28 bits per heavy atom. The Kier molecular flexibility index (Phi) is 4.65. The molecule has 1 aromatic carbocycles. The molecule has 1 atom stereocenters. The van der Waals surface area contributed by atoms with Gasteiger partial charge in [0, 0.05) is 12.1 Å². The average molecular weight is 272 g/mol. The molecule has 2 N–H and O–H groups in total. The molecular formula is C14H22ClNO2. The van der Waals surface area contributed by atoms with E-state index in [0.717, 1.165) is 5.56 Å². The third kappa shape index (κ3) is 4.16. The molecule has 0 saturated heterocycles. The van der Waals surface area contributed by atoms with Crippen LogP contribution in [0.3, 0.4) is 0 Å². The molecule has 102 valence electrons. The minimum Gasteiger partial charge on any atom is -0.495 e. The second-order valence-electron chi connectivity index (χ2n) is 5.73. The van der Waals surface area contributed by atoms with Crippen LogP contribution in [-0.2, 0) is 5.60 Å². The van der Waals surface area contributed by atoms with Crippen molar-refractivity contribution in [2.45, 2.75) is 38.8 Å². The summed E-state index contributed by atoms with van der Waals surface area (Å²) in [5.41, 5.74) is -0.230. The zero-order chi connectivity index (χ0) is 14.0. The van der Waals surface area contributed by atoms with E-state index < -0.39 is 5.60 Å². The fourth-order valence-electron chi connectivity index (χ4n) is 1.53. The highest BCUT2D eigenvalue weighted by Gasteiger charge is 2.26. The maximum atomic E-state index is 10.5. The van der Waals surface area contributed by atoms with Crippen molar-refractivity contribution in [2.75, 3.05) is 13.7 Å². The first kappa shape index (κ1) is 15.3. The van der Waals surface area contributed by atoms with Crippen LogP contribution >= 0.6 is 11.6 Å². The molecular weight excluding hydrogens is 250 g/mol. The minimum absolute atomic E-state index is 0.0412. The highest BCUT2D eigenvalue weighted by atomic mass is 35.5. The SMILES string of the molecule is COc1cc(C(C)(O)CNC(C)(C)C)ccc1Cl. The topological polar surface area (TPSA) is 41.5 Å². The molecule has 0 radical (unpaired) electrons. The van der Waals surface area contributed by atoms with Gasteiger partial charge in [-0.15, -0.1) is 0 Å². The van der Waals surface area contributed by atoms with Crippen LogP contribution in [0, 0.1) is 0 Å². The summed E-state index contributed by atoms with van der Waals surface area (Å²) in [6.07, 6.45) is 0. The smallest absolute Gasteiger partial charge is 0.137 e. The average Bonchev–Trinajstić information content (AvgIpc) is 2.26. The highest BCUT2D eigenvalue weighted by molar-refractivity contribution is 6.32. The van der Waals surface area contributed by atoms with Gasteiger partial charge in [-0.25, -0.2) is 0 Å². The third-order valence-corrected chi connectivity index (χ3v) is 3.05. The van der Waals surface area contributed by atoms with Gasteiger partial charge in [0.1, 0.15) is 5.75 Å². The predicted molar refractivity (Wildman–Crippen MR) is 75.3 cm³/mol. The maximum absolute atomic E-state index is 10.5. The van der Waals surface area contributed by atoms with Crippen LogP contribution in [0.2, 0.25) is 5.02 Å². The number of hydrogen-bond donors (Lipinski definition) is 2. The second kappa shape index (κ2) is 5.47. The van der Waals surface area contributed by atoms with Crippen molar-refractivity contribution in [2.24, 2.45) is 0 Å². The van der Waals surface area contributed by atoms with Gasteiger partial charge in [0.15, 0.2) is 0 Å². The molecule has 0 aromatic heterocycles. The molecule has 0 amide bonds. The minimum atomic E-state index is -0.967. The van der Waals surface area contributed by atoms with Crippen molar-refractivity contribution in [1.82, 2.24) is 5.32 Å². The van der Waals surface area contributed by atoms with E-state index in [1.807, 2.05) is 6.07 Å². The van der Waals surface area contributed by atoms with E-state index in [9.17, 15) is 5.11 Å². The normalized spacial score (nSPS) is 15.3. The van der Waals surface area contributed by atoms with Crippen molar-refractivity contribution in [3.8, 4) is 5.75 Å².